The number of anilines is 1. The number of fused-ring (bicyclic) bond motifs is 1. The summed E-state index contributed by atoms with van der Waals surface area (Å²) in [6.45, 7) is 6.68. The molecular formula is C17H25FN4O3. The zero-order chi connectivity index (χ0) is 18.2. The third-order valence-corrected chi connectivity index (χ3v) is 4.56. The Labute approximate surface area is 146 Å². The van der Waals surface area contributed by atoms with Crippen LogP contribution in [0, 0.1) is 0 Å². The third-order valence-electron chi connectivity index (χ3n) is 4.56. The Morgan fingerprint density at radius 3 is 2.60 bits per heavy atom. The van der Waals surface area contributed by atoms with Crippen molar-refractivity contribution in [1.82, 2.24) is 14.5 Å². The number of alkyl halides is 1. The van der Waals surface area contributed by atoms with Crippen LogP contribution in [0.25, 0.3) is 0 Å². The van der Waals surface area contributed by atoms with Crippen molar-refractivity contribution in [3.8, 4) is 0 Å². The van der Waals surface area contributed by atoms with Crippen molar-refractivity contribution in [3.05, 3.63) is 12.0 Å². The minimum atomic E-state index is -1.78. The lowest BCUT2D eigenvalue weighted by Gasteiger charge is -2.31. The highest BCUT2D eigenvalue weighted by Crippen LogP contribution is 2.34. The number of hydrogen-bond acceptors (Lipinski definition) is 4. The van der Waals surface area contributed by atoms with Gasteiger partial charge in [-0.15, -0.1) is 0 Å². The summed E-state index contributed by atoms with van der Waals surface area (Å²) >= 11 is 0. The summed E-state index contributed by atoms with van der Waals surface area (Å²) in [5.74, 6) is 0.529. The van der Waals surface area contributed by atoms with Gasteiger partial charge in [0.2, 0.25) is 0 Å². The number of nitrogens with zero attached hydrogens (tertiary/aromatic N) is 3. The van der Waals surface area contributed by atoms with Crippen molar-refractivity contribution < 1.29 is 18.7 Å². The summed E-state index contributed by atoms with van der Waals surface area (Å²) in [4.78, 5) is 30.3. The highest BCUT2D eigenvalue weighted by Gasteiger charge is 2.42. The summed E-state index contributed by atoms with van der Waals surface area (Å²) < 4.78 is 21.7. The molecule has 1 aliphatic carbocycles. The van der Waals surface area contributed by atoms with Gasteiger partial charge >= 0.3 is 6.09 Å². The second kappa shape index (κ2) is 6.31. The van der Waals surface area contributed by atoms with Crippen LogP contribution in [0.1, 0.15) is 52.3 Å². The van der Waals surface area contributed by atoms with Crippen LogP contribution in [-0.2, 0) is 22.6 Å². The van der Waals surface area contributed by atoms with Gasteiger partial charge in [-0.1, -0.05) is 0 Å². The number of hydrogen-bond donors (Lipinski definition) is 1. The van der Waals surface area contributed by atoms with E-state index in [9.17, 15) is 14.0 Å². The van der Waals surface area contributed by atoms with E-state index >= 15 is 0 Å². The Balaban J connectivity index is 1.66. The first-order valence-corrected chi connectivity index (χ1v) is 8.71. The first-order chi connectivity index (χ1) is 11.7. The second-order valence-electron chi connectivity index (χ2n) is 7.74. The van der Waals surface area contributed by atoms with E-state index in [1.165, 1.54) is 6.20 Å². The third kappa shape index (κ3) is 3.77. The standard InChI is InChI=1S/C17H25FN4O3/c1-16(2,3)25-15(24)21-8-9-22-12(10-19-13(22)11-21)20-14(23)17(18)6-4-5-7-17/h10H,4-9,11H2,1-3H3,(H,20,23). The maximum absolute atomic E-state index is 14.5. The molecule has 8 heteroatoms. The van der Waals surface area contributed by atoms with Crippen LogP contribution < -0.4 is 5.32 Å². The maximum Gasteiger partial charge on any atom is 0.410 e. The fourth-order valence-corrected chi connectivity index (χ4v) is 3.23. The molecule has 0 bridgehead atoms. The highest BCUT2D eigenvalue weighted by atomic mass is 19.1. The molecule has 1 aliphatic heterocycles. The lowest BCUT2D eigenvalue weighted by atomic mass is 10.0. The minimum Gasteiger partial charge on any atom is -0.444 e. The van der Waals surface area contributed by atoms with Crippen LogP contribution in [0.5, 0.6) is 0 Å². The molecule has 0 saturated heterocycles. The molecule has 3 rings (SSSR count). The Hall–Kier alpha value is -2.12. The summed E-state index contributed by atoms with van der Waals surface area (Å²) in [5, 5.41) is 2.67. The molecule has 2 amide bonds. The second-order valence-corrected chi connectivity index (χ2v) is 7.74. The average Bonchev–Trinajstić information content (AvgIpc) is 3.13. The number of aromatic nitrogens is 2. The van der Waals surface area contributed by atoms with E-state index in [0.29, 0.717) is 31.3 Å². The monoisotopic (exact) mass is 352 g/mol. The first-order valence-electron chi connectivity index (χ1n) is 8.71. The number of carbonyl (C=O) groups is 2. The maximum atomic E-state index is 14.5. The quantitative estimate of drug-likeness (QED) is 0.888. The van der Waals surface area contributed by atoms with Gasteiger partial charge in [0.1, 0.15) is 17.2 Å². The number of nitrogens with one attached hydrogen (secondary N) is 1. The Morgan fingerprint density at radius 2 is 1.96 bits per heavy atom. The Morgan fingerprint density at radius 1 is 1.28 bits per heavy atom. The molecule has 0 radical (unpaired) electrons. The van der Waals surface area contributed by atoms with E-state index in [4.69, 9.17) is 4.74 Å². The molecule has 25 heavy (non-hydrogen) atoms. The van der Waals surface area contributed by atoms with Gasteiger partial charge in [-0.3, -0.25) is 9.69 Å². The fraction of sp³-hybridized carbons (Fsp3) is 0.706. The van der Waals surface area contributed by atoms with E-state index in [1.807, 2.05) is 25.3 Å². The summed E-state index contributed by atoms with van der Waals surface area (Å²) in [7, 11) is 0. The van der Waals surface area contributed by atoms with Crippen molar-refractivity contribution in [2.75, 3.05) is 11.9 Å². The number of ether oxygens (including phenoxy) is 1. The molecule has 0 aromatic carbocycles. The summed E-state index contributed by atoms with van der Waals surface area (Å²) in [6.07, 6.45) is 3.14. The molecule has 1 aromatic heterocycles. The SMILES string of the molecule is CC(C)(C)OC(=O)N1CCn2c(NC(=O)C3(F)CCCC3)cnc2C1. The van der Waals surface area contributed by atoms with Gasteiger partial charge < -0.3 is 14.6 Å². The van der Waals surface area contributed by atoms with Crippen LogP contribution in [0.4, 0.5) is 15.0 Å². The minimum absolute atomic E-state index is 0.270. The average molecular weight is 352 g/mol. The molecule has 0 spiro atoms. The van der Waals surface area contributed by atoms with Crippen LogP contribution >= 0.6 is 0 Å². The highest BCUT2D eigenvalue weighted by molar-refractivity contribution is 5.96. The summed E-state index contributed by atoms with van der Waals surface area (Å²) in [5.41, 5.74) is -2.33. The van der Waals surface area contributed by atoms with Crippen LogP contribution in [0.2, 0.25) is 0 Å². The molecule has 2 heterocycles. The molecule has 1 N–H and O–H groups in total. The first kappa shape index (κ1) is 17.7. The zero-order valence-corrected chi connectivity index (χ0v) is 15.0. The molecule has 0 unspecified atom stereocenters. The van der Waals surface area contributed by atoms with Crippen LogP contribution in [0.3, 0.4) is 0 Å². The van der Waals surface area contributed by atoms with Gasteiger partial charge in [-0.25, -0.2) is 14.2 Å². The zero-order valence-electron chi connectivity index (χ0n) is 15.0. The lowest BCUT2D eigenvalue weighted by Crippen LogP contribution is -2.42. The molecule has 1 saturated carbocycles. The summed E-state index contributed by atoms with van der Waals surface area (Å²) in [6, 6.07) is 0. The number of halogens is 1. The normalized spacial score (nSPS) is 19.4. The van der Waals surface area contributed by atoms with Gasteiger partial charge in [0.25, 0.3) is 5.91 Å². The van der Waals surface area contributed by atoms with Crippen molar-refractivity contribution in [2.24, 2.45) is 0 Å². The number of imidazole rings is 1. The van der Waals surface area contributed by atoms with Crippen molar-refractivity contribution >= 4 is 17.8 Å². The molecule has 138 valence electrons. The fourth-order valence-electron chi connectivity index (χ4n) is 3.23. The van der Waals surface area contributed by atoms with E-state index in [-0.39, 0.29) is 18.9 Å². The molecule has 2 aliphatic rings. The number of rotatable bonds is 2. The predicted octanol–water partition coefficient (Wildman–Crippen LogP) is 2.85. The molecule has 1 fully saturated rings. The predicted molar refractivity (Wildman–Crippen MR) is 89.8 cm³/mol. The Bertz CT molecular complexity index is 674. The topological polar surface area (TPSA) is 76.5 Å². The van der Waals surface area contributed by atoms with Gasteiger partial charge in [0.05, 0.1) is 12.7 Å². The van der Waals surface area contributed by atoms with Gasteiger partial charge in [0.15, 0.2) is 5.67 Å². The van der Waals surface area contributed by atoms with E-state index < -0.39 is 17.2 Å². The number of carbonyl (C=O) groups excluding carboxylic acids is 2. The number of amides is 2. The molecule has 1 aromatic rings. The molecule has 0 atom stereocenters. The Kier molecular flexibility index (Phi) is 4.47. The molecular weight excluding hydrogens is 327 g/mol. The van der Waals surface area contributed by atoms with Crippen LogP contribution in [-0.4, -0.2) is 44.3 Å². The largest absolute Gasteiger partial charge is 0.444 e. The van der Waals surface area contributed by atoms with E-state index in [0.717, 1.165) is 12.8 Å². The van der Waals surface area contributed by atoms with Crippen molar-refractivity contribution in [1.29, 1.82) is 0 Å². The molecule has 7 nitrogen and oxygen atoms in total. The van der Waals surface area contributed by atoms with Gasteiger partial charge in [-0.2, -0.15) is 0 Å². The van der Waals surface area contributed by atoms with Crippen molar-refractivity contribution in [3.63, 3.8) is 0 Å². The lowest BCUT2D eigenvalue weighted by molar-refractivity contribution is -0.127. The van der Waals surface area contributed by atoms with E-state index in [2.05, 4.69) is 10.3 Å². The van der Waals surface area contributed by atoms with Crippen molar-refractivity contribution in [2.45, 2.75) is 70.8 Å². The van der Waals surface area contributed by atoms with E-state index in [1.54, 1.807) is 4.90 Å². The van der Waals surface area contributed by atoms with Crippen LogP contribution in [0.15, 0.2) is 6.20 Å². The van der Waals surface area contributed by atoms with Gasteiger partial charge in [-0.05, 0) is 46.5 Å². The van der Waals surface area contributed by atoms with Gasteiger partial charge in [0, 0.05) is 13.1 Å². The smallest absolute Gasteiger partial charge is 0.410 e.